The molecule has 0 radical (unpaired) electrons. The number of hydrogen-bond donors (Lipinski definition) is 1. The van der Waals surface area contributed by atoms with E-state index in [-0.39, 0.29) is 5.41 Å². The SMILES string of the molecule is CCNCC(C)(CC)Cc1c(Cl)c(CC)nn1CC. The van der Waals surface area contributed by atoms with Gasteiger partial charge in [0.1, 0.15) is 0 Å². The van der Waals surface area contributed by atoms with Crippen molar-refractivity contribution in [3.8, 4) is 0 Å². The van der Waals surface area contributed by atoms with Gasteiger partial charge < -0.3 is 5.32 Å². The lowest BCUT2D eigenvalue weighted by Gasteiger charge is -2.29. The average Bonchev–Trinajstić information content (AvgIpc) is 2.73. The largest absolute Gasteiger partial charge is 0.316 e. The zero-order chi connectivity index (χ0) is 14.5. The van der Waals surface area contributed by atoms with Crippen LogP contribution >= 0.6 is 11.6 Å². The summed E-state index contributed by atoms with van der Waals surface area (Å²) in [5, 5.41) is 8.95. The minimum atomic E-state index is 0.234. The first-order valence-electron chi connectivity index (χ1n) is 7.46. The van der Waals surface area contributed by atoms with E-state index in [4.69, 9.17) is 11.6 Å². The monoisotopic (exact) mass is 285 g/mol. The highest BCUT2D eigenvalue weighted by atomic mass is 35.5. The third-order valence-electron chi connectivity index (χ3n) is 3.94. The van der Waals surface area contributed by atoms with E-state index in [1.165, 1.54) is 5.69 Å². The Morgan fingerprint density at radius 3 is 2.42 bits per heavy atom. The molecular formula is C15H28ClN3. The average molecular weight is 286 g/mol. The quantitative estimate of drug-likeness (QED) is 0.789. The second-order valence-corrected chi connectivity index (χ2v) is 5.88. The van der Waals surface area contributed by atoms with E-state index >= 15 is 0 Å². The van der Waals surface area contributed by atoms with Gasteiger partial charge in [0, 0.05) is 13.1 Å². The molecule has 1 N–H and O–H groups in total. The van der Waals surface area contributed by atoms with E-state index in [0.29, 0.717) is 0 Å². The van der Waals surface area contributed by atoms with Crippen LogP contribution in [0.5, 0.6) is 0 Å². The molecule has 0 bridgehead atoms. The molecule has 110 valence electrons. The van der Waals surface area contributed by atoms with E-state index < -0.39 is 0 Å². The molecule has 0 aliphatic heterocycles. The maximum absolute atomic E-state index is 6.50. The summed E-state index contributed by atoms with van der Waals surface area (Å²) in [5.41, 5.74) is 2.46. The van der Waals surface area contributed by atoms with Gasteiger partial charge in [0.25, 0.3) is 0 Å². The predicted molar refractivity (Wildman–Crippen MR) is 82.9 cm³/mol. The van der Waals surface area contributed by atoms with Gasteiger partial charge in [-0.3, -0.25) is 4.68 Å². The van der Waals surface area contributed by atoms with Crippen molar-refractivity contribution in [2.75, 3.05) is 13.1 Å². The van der Waals surface area contributed by atoms with Gasteiger partial charge in [0.05, 0.1) is 16.4 Å². The third kappa shape index (κ3) is 3.96. The molecule has 4 heteroatoms. The maximum Gasteiger partial charge on any atom is 0.0850 e. The van der Waals surface area contributed by atoms with Crippen molar-refractivity contribution in [2.24, 2.45) is 5.41 Å². The summed E-state index contributed by atoms with van der Waals surface area (Å²) in [7, 11) is 0. The zero-order valence-electron chi connectivity index (χ0n) is 13.0. The Morgan fingerprint density at radius 1 is 1.26 bits per heavy atom. The molecule has 1 aromatic heterocycles. The van der Waals surface area contributed by atoms with Gasteiger partial charge in [0.2, 0.25) is 0 Å². The molecule has 0 aromatic carbocycles. The molecule has 1 aromatic rings. The van der Waals surface area contributed by atoms with Crippen LogP contribution in [0.25, 0.3) is 0 Å². The van der Waals surface area contributed by atoms with Crippen LogP contribution in [-0.4, -0.2) is 22.9 Å². The highest BCUT2D eigenvalue weighted by Gasteiger charge is 2.26. The number of aryl methyl sites for hydroxylation is 2. The second kappa shape index (κ2) is 7.30. The van der Waals surface area contributed by atoms with Gasteiger partial charge in [-0.2, -0.15) is 5.10 Å². The van der Waals surface area contributed by atoms with E-state index in [1.54, 1.807) is 0 Å². The number of rotatable bonds is 8. The van der Waals surface area contributed by atoms with Crippen LogP contribution in [0, 0.1) is 5.41 Å². The minimum absolute atomic E-state index is 0.234. The first-order valence-corrected chi connectivity index (χ1v) is 7.83. The third-order valence-corrected chi connectivity index (χ3v) is 4.38. The van der Waals surface area contributed by atoms with Crippen molar-refractivity contribution in [2.45, 2.75) is 60.4 Å². The molecule has 0 saturated carbocycles. The molecule has 0 aliphatic carbocycles. The molecule has 0 saturated heterocycles. The summed E-state index contributed by atoms with van der Waals surface area (Å²) in [6, 6.07) is 0. The van der Waals surface area contributed by atoms with Crippen molar-refractivity contribution >= 4 is 11.6 Å². The molecule has 19 heavy (non-hydrogen) atoms. The smallest absolute Gasteiger partial charge is 0.0850 e. The van der Waals surface area contributed by atoms with Gasteiger partial charge >= 0.3 is 0 Å². The Balaban J connectivity index is 2.98. The maximum atomic E-state index is 6.50. The van der Waals surface area contributed by atoms with Crippen molar-refractivity contribution in [1.29, 1.82) is 0 Å². The van der Waals surface area contributed by atoms with Gasteiger partial charge in [-0.1, -0.05) is 39.3 Å². The molecule has 1 heterocycles. The van der Waals surface area contributed by atoms with E-state index in [0.717, 1.165) is 49.6 Å². The second-order valence-electron chi connectivity index (χ2n) is 5.50. The number of halogens is 1. The molecule has 1 unspecified atom stereocenters. The Labute approximate surface area is 122 Å². The number of hydrogen-bond acceptors (Lipinski definition) is 2. The van der Waals surface area contributed by atoms with Crippen molar-refractivity contribution < 1.29 is 0 Å². The van der Waals surface area contributed by atoms with Crippen LogP contribution in [0.1, 0.15) is 52.4 Å². The summed E-state index contributed by atoms with van der Waals surface area (Å²) in [4.78, 5) is 0. The topological polar surface area (TPSA) is 29.9 Å². The normalized spacial score (nSPS) is 14.6. The fraction of sp³-hybridized carbons (Fsp3) is 0.800. The first-order chi connectivity index (χ1) is 9.01. The van der Waals surface area contributed by atoms with Crippen LogP contribution in [0.15, 0.2) is 0 Å². The predicted octanol–water partition coefficient (Wildman–Crippen LogP) is 3.69. The summed E-state index contributed by atoms with van der Waals surface area (Å²) in [6.07, 6.45) is 3.01. The minimum Gasteiger partial charge on any atom is -0.316 e. The van der Waals surface area contributed by atoms with Crippen molar-refractivity contribution in [3.63, 3.8) is 0 Å². The highest BCUT2D eigenvalue weighted by Crippen LogP contribution is 2.31. The summed E-state index contributed by atoms with van der Waals surface area (Å²) in [6.45, 7) is 13.9. The Bertz CT molecular complexity index is 400. The number of aromatic nitrogens is 2. The van der Waals surface area contributed by atoms with Crippen molar-refractivity contribution in [1.82, 2.24) is 15.1 Å². The van der Waals surface area contributed by atoms with Crippen LogP contribution < -0.4 is 5.32 Å². The molecule has 3 nitrogen and oxygen atoms in total. The van der Waals surface area contributed by atoms with E-state index in [1.807, 2.05) is 0 Å². The Morgan fingerprint density at radius 2 is 1.95 bits per heavy atom. The Hall–Kier alpha value is -0.540. The van der Waals surface area contributed by atoms with Crippen molar-refractivity contribution in [3.05, 3.63) is 16.4 Å². The zero-order valence-corrected chi connectivity index (χ0v) is 13.8. The molecule has 0 fully saturated rings. The Kier molecular flexibility index (Phi) is 6.34. The van der Waals surface area contributed by atoms with E-state index in [9.17, 15) is 0 Å². The van der Waals surface area contributed by atoms with Crippen LogP contribution in [0.4, 0.5) is 0 Å². The number of nitrogens with one attached hydrogen (secondary N) is 1. The van der Waals surface area contributed by atoms with Gasteiger partial charge in [-0.25, -0.2) is 0 Å². The van der Waals surface area contributed by atoms with Crippen LogP contribution in [-0.2, 0) is 19.4 Å². The van der Waals surface area contributed by atoms with Crippen LogP contribution in [0.2, 0.25) is 5.02 Å². The first kappa shape index (κ1) is 16.5. The van der Waals surface area contributed by atoms with Gasteiger partial charge in [0.15, 0.2) is 0 Å². The van der Waals surface area contributed by atoms with Crippen LogP contribution in [0.3, 0.4) is 0 Å². The summed E-state index contributed by atoms with van der Waals surface area (Å²) in [5.74, 6) is 0. The van der Waals surface area contributed by atoms with Gasteiger partial charge in [-0.05, 0) is 38.1 Å². The molecule has 1 rings (SSSR count). The standard InChI is InChI=1S/C15H28ClN3/c1-6-12-14(16)13(19(9-4)18-12)10-15(5,7-2)11-17-8-3/h17H,6-11H2,1-5H3. The highest BCUT2D eigenvalue weighted by molar-refractivity contribution is 6.31. The fourth-order valence-corrected chi connectivity index (χ4v) is 2.67. The molecule has 0 spiro atoms. The van der Waals surface area contributed by atoms with E-state index in [2.05, 4.69) is 49.7 Å². The molecule has 1 atom stereocenters. The lowest BCUT2D eigenvalue weighted by molar-refractivity contribution is 0.285. The summed E-state index contributed by atoms with van der Waals surface area (Å²) < 4.78 is 2.07. The fourth-order valence-electron chi connectivity index (χ4n) is 2.33. The molecular weight excluding hydrogens is 258 g/mol. The lowest BCUT2D eigenvalue weighted by Crippen LogP contribution is -2.34. The summed E-state index contributed by atoms with van der Waals surface area (Å²) >= 11 is 6.50. The van der Waals surface area contributed by atoms with Gasteiger partial charge in [-0.15, -0.1) is 0 Å². The molecule has 0 aliphatic rings. The lowest BCUT2D eigenvalue weighted by atomic mass is 9.82. The number of nitrogens with zero attached hydrogens (tertiary/aromatic N) is 2. The molecule has 0 amide bonds.